The molecule has 130 valence electrons. The van der Waals surface area contributed by atoms with Crippen LogP contribution in [0.3, 0.4) is 0 Å². The number of aryl methyl sites for hydroxylation is 1. The summed E-state index contributed by atoms with van der Waals surface area (Å²) in [6, 6.07) is 1.88. The van der Waals surface area contributed by atoms with Crippen molar-refractivity contribution in [1.82, 2.24) is 24.9 Å². The predicted molar refractivity (Wildman–Crippen MR) is 87.0 cm³/mol. The van der Waals surface area contributed by atoms with E-state index in [1.54, 1.807) is 26.5 Å². The molecule has 1 saturated heterocycles. The number of methoxy groups -OCH3 is 2. The highest BCUT2D eigenvalue weighted by molar-refractivity contribution is 5.42. The van der Waals surface area contributed by atoms with Crippen molar-refractivity contribution in [3.05, 3.63) is 29.7 Å². The Bertz CT molecular complexity index is 690. The van der Waals surface area contributed by atoms with E-state index in [0.29, 0.717) is 29.8 Å². The Morgan fingerprint density at radius 3 is 2.79 bits per heavy atom. The number of aromatic nitrogens is 3. The van der Waals surface area contributed by atoms with E-state index in [1.165, 1.54) is 0 Å². The van der Waals surface area contributed by atoms with Crippen LogP contribution in [0, 0.1) is 6.92 Å². The number of likely N-dealkylation sites (N-methyl/N-ethyl adjacent to an activating group) is 1. The molecule has 0 aliphatic carbocycles. The van der Waals surface area contributed by atoms with Gasteiger partial charge in [0.25, 0.3) is 0 Å². The first kappa shape index (κ1) is 16.7. The summed E-state index contributed by atoms with van der Waals surface area (Å²) < 4.78 is 16.2. The third-order valence-corrected chi connectivity index (χ3v) is 4.30. The van der Waals surface area contributed by atoms with Crippen LogP contribution in [0.25, 0.3) is 0 Å². The molecule has 8 heteroatoms. The largest absolute Gasteiger partial charge is 0.493 e. The maximum Gasteiger partial charge on any atom is 0.245 e. The normalized spacial score (nSPS) is 19.4. The van der Waals surface area contributed by atoms with E-state index in [2.05, 4.69) is 32.0 Å². The highest BCUT2D eigenvalue weighted by Gasteiger charge is 2.30. The van der Waals surface area contributed by atoms with Gasteiger partial charge in [-0.15, -0.1) is 0 Å². The van der Waals surface area contributed by atoms with Crippen LogP contribution in [-0.4, -0.2) is 65.8 Å². The van der Waals surface area contributed by atoms with Crippen LogP contribution in [0.15, 0.2) is 16.8 Å². The van der Waals surface area contributed by atoms with Gasteiger partial charge < -0.3 is 14.0 Å². The van der Waals surface area contributed by atoms with Crippen LogP contribution in [0.5, 0.6) is 11.5 Å². The first-order valence-electron chi connectivity index (χ1n) is 7.91. The molecule has 0 radical (unpaired) electrons. The molecule has 0 saturated carbocycles. The third-order valence-electron chi connectivity index (χ3n) is 4.30. The summed E-state index contributed by atoms with van der Waals surface area (Å²) in [6.07, 6.45) is 1.74. The lowest BCUT2D eigenvalue weighted by molar-refractivity contribution is 0.0701. The average molecular weight is 333 g/mol. The zero-order chi connectivity index (χ0) is 17.1. The minimum atomic E-state index is 0.0801. The van der Waals surface area contributed by atoms with Gasteiger partial charge in [-0.25, -0.2) is 0 Å². The molecule has 1 aliphatic heterocycles. The van der Waals surface area contributed by atoms with Crippen molar-refractivity contribution in [3.8, 4) is 11.5 Å². The second-order valence-electron chi connectivity index (χ2n) is 5.90. The first-order valence-corrected chi connectivity index (χ1v) is 7.91. The lowest BCUT2D eigenvalue weighted by Crippen LogP contribution is -2.46. The van der Waals surface area contributed by atoms with Crippen LogP contribution in [-0.2, 0) is 6.54 Å². The fraction of sp³-hybridized carbons (Fsp3) is 0.562. The summed E-state index contributed by atoms with van der Waals surface area (Å²) >= 11 is 0. The lowest BCUT2D eigenvalue weighted by Gasteiger charge is -2.37. The molecule has 1 fully saturated rings. The molecule has 1 atom stereocenters. The Morgan fingerprint density at radius 1 is 1.29 bits per heavy atom. The highest BCUT2D eigenvalue weighted by atomic mass is 16.5. The number of rotatable bonds is 5. The Labute approximate surface area is 141 Å². The molecule has 8 nitrogen and oxygen atoms in total. The molecule has 24 heavy (non-hydrogen) atoms. The molecule has 0 N–H and O–H groups in total. The van der Waals surface area contributed by atoms with E-state index in [4.69, 9.17) is 14.0 Å². The van der Waals surface area contributed by atoms with E-state index in [9.17, 15) is 0 Å². The van der Waals surface area contributed by atoms with Gasteiger partial charge in [0, 0.05) is 38.4 Å². The number of hydrogen-bond acceptors (Lipinski definition) is 8. The molecule has 3 rings (SSSR count). The zero-order valence-corrected chi connectivity index (χ0v) is 14.5. The summed E-state index contributed by atoms with van der Waals surface area (Å²) in [7, 11) is 5.34. The van der Waals surface area contributed by atoms with Crippen molar-refractivity contribution < 1.29 is 14.0 Å². The average Bonchev–Trinajstić information content (AvgIpc) is 3.02. The molecule has 1 aliphatic rings. The summed E-state index contributed by atoms with van der Waals surface area (Å²) in [5, 5.41) is 3.91. The van der Waals surface area contributed by atoms with Gasteiger partial charge in [0.15, 0.2) is 17.3 Å². The van der Waals surface area contributed by atoms with Crippen LogP contribution < -0.4 is 9.47 Å². The van der Waals surface area contributed by atoms with E-state index in [-0.39, 0.29) is 6.04 Å². The van der Waals surface area contributed by atoms with Crippen LogP contribution in [0.2, 0.25) is 0 Å². The number of pyridine rings is 1. The topological polar surface area (TPSA) is 76.8 Å². The van der Waals surface area contributed by atoms with E-state index < -0.39 is 0 Å². The van der Waals surface area contributed by atoms with Gasteiger partial charge in [-0.1, -0.05) is 5.16 Å². The molecule has 2 aromatic heterocycles. The Morgan fingerprint density at radius 2 is 2.12 bits per heavy atom. The molecule has 0 bridgehead atoms. The van der Waals surface area contributed by atoms with E-state index in [1.807, 2.05) is 6.92 Å². The highest BCUT2D eigenvalue weighted by Crippen LogP contribution is 2.31. The monoisotopic (exact) mass is 333 g/mol. The third kappa shape index (κ3) is 3.34. The fourth-order valence-corrected chi connectivity index (χ4v) is 2.96. The van der Waals surface area contributed by atoms with Gasteiger partial charge in [0.05, 0.1) is 14.2 Å². The van der Waals surface area contributed by atoms with Crippen molar-refractivity contribution >= 4 is 0 Å². The molecule has 0 unspecified atom stereocenters. The van der Waals surface area contributed by atoms with Gasteiger partial charge in [-0.3, -0.25) is 14.8 Å². The van der Waals surface area contributed by atoms with Crippen molar-refractivity contribution in [3.63, 3.8) is 0 Å². The summed E-state index contributed by atoms with van der Waals surface area (Å²) in [4.78, 5) is 13.4. The number of hydrogen-bond donors (Lipinski definition) is 0. The molecule has 0 aromatic carbocycles. The molecule has 3 heterocycles. The van der Waals surface area contributed by atoms with Crippen molar-refractivity contribution in [2.75, 3.05) is 40.9 Å². The Balaban J connectivity index is 1.76. The maximum absolute atomic E-state index is 5.48. The quantitative estimate of drug-likeness (QED) is 0.810. The van der Waals surface area contributed by atoms with E-state index >= 15 is 0 Å². The van der Waals surface area contributed by atoms with Crippen LogP contribution in [0.4, 0.5) is 0 Å². The minimum Gasteiger partial charge on any atom is -0.493 e. The van der Waals surface area contributed by atoms with Crippen LogP contribution in [0.1, 0.15) is 23.5 Å². The van der Waals surface area contributed by atoms with Gasteiger partial charge in [0.1, 0.15) is 11.7 Å². The van der Waals surface area contributed by atoms with Crippen molar-refractivity contribution in [2.24, 2.45) is 0 Å². The second kappa shape index (κ2) is 7.14. The Kier molecular flexibility index (Phi) is 4.96. The van der Waals surface area contributed by atoms with Crippen molar-refractivity contribution in [1.29, 1.82) is 0 Å². The zero-order valence-electron chi connectivity index (χ0n) is 14.5. The van der Waals surface area contributed by atoms with Gasteiger partial charge in [-0.05, 0) is 14.0 Å². The number of ether oxygens (including phenoxy) is 2. The van der Waals surface area contributed by atoms with Gasteiger partial charge >= 0.3 is 0 Å². The first-order chi connectivity index (χ1) is 11.6. The van der Waals surface area contributed by atoms with Crippen LogP contribution >= 0.6 is 0 Å². The van der Waals surface area contributed by atoms with Gasteiger partial charge in [-0.2, -0.15) is 4.98 Å². The fourth-order valence-electron chi connectivity index (χ4n) is 2.96. The number of nitrogens with zero attached hydrogens (tertiary/aromatic N) is 5. The number of piperazine rings is 1. The van der Waals surface area contributed by atoms with Crippen molar-refractivity contribution in [2.45, 2.75) is 19.5 Å². The Hall–Kier alpha value is -2.19. The summed E-state index contributed by atoms with van der Waals surface area (Å²) in [5.74, 6) is 2.70. The SMILES string of the molecule is COc1ccnc(CN2CCN(C)[C@@H](c3nc(C)no3)C2)c1OC. The molecular weight excluding hydrogens is 310 g/mol. The molecular formula is C16H23N5O3. The van der Waals surface area contributed by atoms with E-state index in [0.717, 1.165) is 25.3 Å². The molecule has 2 aromatic rings. The molecule has 0 spiro atoms. The predicted octanol–water partition coefficient (Wildman–Crippen LogP) is 1.28. The lowest BCUT2D eigenvalue weighted by atomic mass is 10.1. The van der Waals surface area contributed by atoms with Gasteiger partial charge in [0.2, 0.25) is 5.89 Å². The summed E-state index contributed by atoms with van der Waals surface area (Å²) in [5.41, 5.74) is 0.863. The maximum atomic E-state index is 5.48. The second-order valence-corrected chi connectivity index (χ2v) is 5.90. The molecule has 0 amide bonds. The standard InChI is InChI=1S/C16H23N5O3/c1-11-18-16(24-19-11)13-10-21(8-7-20(13)2)9-12-15(23-4)14(22-3)5-6-17-12/h5-6,13H,7-10H2,1-4H3/t13-/m1/s1. The summed E-state index contributed by atoms with van der Waals surface area (Å²) in [6.45, 7) is 5.15. The minimum absolute atomic E-state index is 0.0801. The smallest absolute Gasteiger partial charge is 0.245 e.